The molecule has 1 aromatic heterocycles. The number of carboxylic acid groups (broad SMARTS) is 1. The molecule has 2 N–H and O–H groups in total. The Hall–Kier alpha value is -1.73. The highest BCUT2D eigenvalue weighted by molar-refractivity contribution is 6.54. The summed E-state index contributed by atoms with van der Waals surface area (Å²) in [5, 5.41) is 10.8. The van der Waals surface area contributed by atoms with Crippen molar-refractivity contribution in [2.24, 2.45) is 0 Å². The number of aromatic carboxylic acids is 1. The standard InChI is InChI=1S/C21H22Cl4N2O4/c1-2-3-4-5-6-7-10-31-13-9-8-12(11-26-13)27-20(28)14-15(21(29)30)17(23)19(25)18(24)16(14)22/h8-9,11H,2-7,10H2,1H3,(H,27,28)(H,29,30). The molecular weight excluding hydrogens is 486 g/mol. The molecule has 31 heavy (non-hydrogen) atoms. The highest BCUT2D eigenvalue weighted by Crippen LogP contribution is 2.41. The number of carbonyl (C=O) groups excluding carboxylic acids is 1. The molecule has 0 radical (unpaired) electrons. The van der Waals surface area contributed by atoms with Crippen LogP contribution in [0.2, 0.25) is 20.1 Å². The van der Waals surface area contributed by atoms with Crippen LogP contribution >= 0.6 is 46.4 Å². The third-order valence-corrected chi connectivity index (χ3v) is 6.25. The summed E-state index contributed by atoms with van der Waals surface area (Å²) in [6.45, 7) is 2.74. The van der Waals surface area contributed by atoms with Gasteiger partial charge in [0.2, 0.25) is 5.88 Å². The van der Waals surface area contributed by atoms with Gasteiger partial charge in [-0.1, -0.05) is 85.4 Å². The maximum atomic E-state index is 12.7. The first kappa shape index (κ1) is 25.5. The second-order valence-electron chi connectivity index (χ2n) is 6.77. The molecule has 1 aromatic carbocycles. The van der Waals surface area contributed by atoms with Crippen LogP contribution < -0.4 is 10.1 Å². The van der Waals surface area contributed by atoms with Crippen LogP contribution in [0.5, 0.6) is 5.88 Å². The number of carbonyl (C=O) groups is 2. The zero-order chi connectivity index (χ0) is 23.0. The van der Waals surface area contributed by atoms with Crippen LogP contribution in [-0.4, -0.2) is 28.6 Å². The van der Waals surface area contributed by atoms with Crippen LogP contribution in [-0.2, 0) is 0 Å². The molecule has 0 saturated carbocycles. The molecule has 0 fully saturated rings. The van der Waals surface area contributed by atoms with Gasteiger partial charge in [-0.15, -0.1) is 0 Å². The number of nitrogens with zero attached hydrogens (tertiary/aromatic N) is 1. The largest absolute Gasteiger partial charge is 0.478 e. The van der Waals surface area contributed by atoms with Crippen LogP contribution in [0.15, 0.2) is 18.3 Å². The van der Waals surface area contributed by atoms with E-state index in [4.69, 9.17) is 51.1 Å². The van der Waals surface area contributed by atoms with Gasteiger partial charge in [0.15, 0.2) is 0 Å². The number of amides is 1. The number of halogens is 4. The quantitative estimate of drug-likeness (QED) is 0.188. The van der Waals surface area contributed by atoms with E-state index in [0.717, 1.165) is 12.8 Å². The summed E-state index contributed by atoms with van der Waals surface area (Å²) in [6.07, 6.45) is 8.33. The second-order valence-corrected chi connectivity index (χ2v) is 8.28. The number of carboxylic acids is 1. The maximum absolute atomic E-state index is 12.7. The number of nitrogens with one attached hydrogen (secondary N) is 1. The number of hydrogen-bond donors (Lipinski definition) is 2. The lowest BCUT2D eigenvalue weighted by molar-refractivity contribution is 0.0692. The first-order chi connectivity index (χ1) is 14.8. The van der Waals surface area contributed by atoms with Crippen molar-refractivity contribution in [1.29, 1.82) is 0 Å². The fraction of sp³-hybridized carbons (Fsp3) is 0.381. The van der Waals surface area contributed by atoms with Gasteiger partial charge in [-0.25, -0.2) is 9.78 Å². The number of aromatic nitrogens is 1. The normalized spacial score (nSPS) is 10.7. The number of unbranched alkanes of at least 4 members (excludes halogenated alkanes) is 5. The summed E-state index contributed by atoms with van der Waals surface area (Å²) in [7, 11) is 0. The van der Waals surface area contributed by atoms with E-state index in [2.05, 4.69) is 17.2 Å². The zero-order valence-corrected chi connectivity index (χ0v) is 19.8. The highest BCUT2D eigenvalue weighted by atomic mass is 35.5. The monoisotopic (exact) mass is 506 g/mol. The van der Waals surface area contributed by atoms with E-state index in [1.165, 1.54) is 31.9 Å². The van der Waals surface area contributed by atoms with E-state index in [9.17, 15) is 14.7 Å². The first-order valence-electron chi connectivity index (χ1n) is 9.77. The van der Waals surface area contributed by atoms with Gasteiger partial charge in [0.25, 0.3) is 5.91 Å². The summed E-state index contributed by atoms with van der Waals surface area (Å²) < 4.78 is 5.60. The molecule has 168 valence electrons. The van der Waals surface area contributed by atoms with Gasteiger partial charge in [0.05, 0.1) is 49.7 Å². The van der Waals surface area contributed by atoms with Crippen LogP contribution in [0, 0.1) is 0 Å². The topological polar surface area (TPSA) is 88.5 Å². The Kier molecular flexibility index (Phi) is 10.2. The van der Waals surface area contributed by atoms with Crippen molar-refractivity contribution in [3.05, 3.63) is 49.5 Å². The lowest BCUT2D eigenvalue weighted by Gasteiger charge is -2.14. The molecular formula is C21H22Cl4N2O4. The van der Waals surface area contributed by atoms with E-state index in [1.807, 2.05) is 0 Å². The Labute approximate surface area is 200 Å². The Balaban J connectivity index is 2.03. The number of rotatable bonds is 11. The lowest BCUT2D eigenvalue weighted by Crippen LogP contribution is -2.18. The molecule has 0 unspecified atom stereocenters. The van der Waals surface area contributed by atoms with Crippen LogP contribution in [0.3, 0.4) is 0 Å². The van der Waals surface area contributed by atoms with E-state index in [0.29, 0.717) is 18.2 Å². The fourth-order valence-electron chi connectivity index (χ4n) is 2.84. The predicted molar refractivity (Wildman–Crippen MR) is 125 cm³/mol. The molecule has 0 aliphatic carbocycles. The smallest absolute Gasteiger partial charge is 0.338 e. The number of benzene rings is 1. The van der Waals surface area contributed by atoms with Gasteiger partial charge in [0.1, 0.15) is 0 Å². The molecule has 1 amide bonds. The van der Waals surface area contributed by atoms with Crippen molar-refractivity contribution in [3.63, 3.8) is 0 Å². The van der Waals surface area contributed by atoms with Crippen molar-refractivity contribution >= 4 is 64.0 Å². The molecule has 2 rings (SSSR count). The SMILES string of the molecule is CCCCCCCCOc1ccc(NC(=O)c2c(Cl)c(Cl)c(Cl)c(Cl)c2C(=O)O)cn1. The molecule has 0 aliphatic rings. The van der Waals surface area contributed by atoms with Crippen molar-refractivity contribution in [1.82, 2.24) is 4.98 Å². The predicted octanol–water partition coefficient (Wildman–Crippen LogP) is 7.39. The molecule has 0 saturated heterocycles. The van der Waals surface area contributed by atoms with Gasteiger partial charge >= 0.3 is 5.97 Å². The lowest BCUT2D eigenvalue weighted by atomic mass is 10.1. The van der Waals surface area contributed by atoms with Crippen molar-refractivity contribution in [2.45, 2.75) is 45.4 Å². The third-order valence-electron chi connectivity index (χ3n) is 4.45. The van der Waals surface area contributed by atoms with E-state index < -0.39 is 23.0 Å². The highest BCUT2D eigenvalue weighted by Gasteiger charge is 2.28. The Morgan fingerprint density at radius 1 is 0.935 bits per heavy atom. The van der Waals surface area contributed by atoms with E-state index >= 15 is 0 Å². The van der Waals surface area contributed by atoms with Crippen molar-refractivity contribution in [2.75, 3.05) is 11.9 Å². The Morgan fingerprint density at radius 3 is 2.13 bits per heavy atom. The van der Waals surface area contributed by atoms with Gasteiger partial charge < -0.3 is 15.2 Å². The molecule has 0 aliphatic heterocycles. The third kappa shape index (κ3) is 6.88. The average Bonchev–Trinajstić information content (AvgIpc) is 2.74. The Morgan fingerprint density at radius 2 is 1.55 bits per heavy atom. The molecule has 2 aromatic rings. The number of anilines is 1. The molecule has 1 heterocycles. The summed E-state index contributed by atoms with van der Waals surface area (Å²) in [5.41, 5.74) is -0.617. The first-order valence-corrected chi connectivity index (χ1v) is 11.3. The number of hydrogen-bond acceptors (Lipinski definition) is 4. The second kappa shape index (κ2) is 12.3. The summed E-state index contributed by atoms with van der Waals surface area (Å²) >= 11 is 23.9. The summed E-state index contributed by atoms with van der Waals surface area (Å²) in [4.78, 5) is 28.4. The van der Waals surface area contributed by atoms with Crippen LogP contribution in [0.1, 0.15) is 66.2 Å². The van der Waals surface area contributed by atoms with Gasteiger partial charge in [-0.05, 0) is 12.5 Å². The van der Waals surface area contributed by atoms with Crippen LogP contribution in [0.4, 0.5) is 5.69 Å². The van der Waals surface area contributed by atoms with Gasteiger partial charge in [0, 0.05) is 6.07 Å². The molecule has 0 atom stereocenters. The molecule has 0 spiro atoms. The minimum atomic E-state index is -1.47. The minimum Gasteiger partial charge on any atom is -0.478 e. The Bertz CT molecular complexity index is 936. The summed E-state index contributed by atoms with van der Waals surface area (Å²) in [6, 6.07) is 3.18. The molecule has 0 bridgehead atoms. The average molecular weight is 508 g/mol. The van der Waals surface area contributed by atoms with Crippen molar-refractivity contribution < 1.29 is 19.4 Å². The van der Waals surface area contributed by atoms with Crippen molar-refractivity contribution in [3.8, 4) is 5.88 Å². The van der Waals surface area contributed by atoms with E-state index in [-0.39, 0.29) is 20.1 Å². The summed E-state index contributed by atoms with van der Waals surface area (Å²) in [5.74, 6) is -1.86. The van der Waals surface area contributed by atoms with E-state index in [1.54, 1.807) is 12.1 Å². The molecule has 6 nitrogen and oxygen atoms in total. The van der Waals surface area contributed by atoms with Crippen LogP contribution in [0.25, 0.3) is 0 Å². The van der Waals surface area contributed by atoms with Gasteiger partial charge in [-0.2, -0.15) is 0 Å². The fourth-order valence-corrected chi connectivity index (χ4v) is 3.86. The number of pyridine rings is 1. The van der Waals surface area contributed by atoms with Gasteiger partial charge in [-0.3, -0.25) is 4.79 Å². The number of ether oxygens (including phenoxy) is 1. The molecule has 10 heteroatoms. The minimum absolute atomic E-state index is 0.208. The zero-order valence-electron chi connectivity index (χ0n) is 16.8. The maximum Gasteiger partial charge on any atom is 0.338 e.